The van der Waals surface area contributed by atoms with E-state index in [0.717, 1.165) is 0 Å². The molecule has 0 unspecified atom stereocenters. The average Bonchev–Trinajstić information content (AvgIpc) is 3.45. The van der Waals surface area contributed by atoms with E-state index >= 15 is 0 Å². The van der Waals surface area contributed by atoms with Gasteiger partial charge in [-0.3, -0.25) is 0 Å². The monoisotopic (exact) mass is 632 g/mol. The van der Waals surface area contributed by atoms with E-state index in [1.165, 1.54) is 0 Å². The van der Waals surface area contributed by atoms with Gasteiger partial charge in [0.1, 0.15) is 0 Å². The first-order valence-electron chi connectivity index (χ1n) is 28.5. The molecule has 0 radical (unpaired) electrons. The van der Waals surface area contributed by atoms with Gasteiger partial charge in [0, 0.05) is 0 Å². The van der Waals surface area contributed by atoms with Gasteiger partial charge in [-0.05, 0) is 115 Å². The molecule has 0 amide bonds. The van der Waals surface area contributed by atoms with Gasteiger partial charge in [-0.2, -0.15) is 0 Å². The first kappa shape index (κ1) is 10.9. The summed E-state index contributed by atoms with van der Waals surface area (Å²) in [5.41, 5.74) is -4.64. The van der Waals surface area contributed by atoms with Crippen LogP contribution in [-0.4, -0.2) is 0 Å². The van der Waals surface area contributed by atoms with E-state index in [9.17, 15) is 17.8 Å². The summed E-state index contributed by atoms with van der Waals surface area (Å²) >= 11 is 0. The lowest BCUT2D eigenvalue weighted by Gasteiger charge is -2.17. The normalized spacial score (nSPS) is 20.3. The van der Waals surface area contributed by atoms with E-state index in [2.05, 4.69) is 0 Å². The minimum atomic E-state index is -1.08. The molecular weight excluding hydrogens is 577 g/mol. The SMILES string of the molecule is [2H]c1c([2H])c(-c2c([2H])c([2H])c(-c3c([2H])c([2H])c4c([2H])c([2H])c5c([2H])c([2H])c([2H])c6c([2H])c([2H])c3c4c56)c3c([2H])c([2H])c([2H])c([2H])c23)c([2H])c(-c2c([2H])c([2H])c3c([2H])c([2H])c4c([2H])c([2H])c([2H])c5c([2H])c([2H])c2c3c45)c1[2H]. The van der Waals surface area contributed by atoms with Crippen LogP contribution in [0.5, 0.6) is 0 Å². The molecule has 0 N–H and O–H groups in total. The Hall–Kier alpha value is -6.24. The zero-order valence-corrected chi connectivity index (χ0v) is 24.0. The molecule has 0 aliphatic rings. The summed E-state index contributed by atoms with van der Waals surface area (Å²) in [4.78, 5) is 0. The van der Waals surface area contributed by atoms with Gasteiger partial charge in [0.15, 0.2) is 0 Å². The highest BCUT2D eigenvalue weighted by atomic mass is 14.2. The molecule has 0 atom stereocenters. The molecule has 11 aromatic rings. The summed E-state index contributed by atoms with van der Waals surface area (Å²) in [7, 11) is 0. The molecular formula is C48H28. The van der Waals surface area contributed by atoms with Crippen molar-refractivity contribution in [2.45, 2.75) is 0 Å². The molecule has 0 fully saturated rings. The number of fused-ring (bicyclic) bond motifs is 1. The fourth-order valence-electron chi connectivity index (χ4n) is 6.41. The van der Waals surface area contributed by atoms with Crippen molar-refractivity contribution < 1.29 is 38.4 Å². The Morgan fingerprint density at radius 3 is 1.19 bits per heavy atom. The van der Waals surface area contributed by atoms with Crippen molar-refractivity contribution in [3.8, 4) is 33.4 Å². The van der Waals surface area contributed by atoms with Crippen LogP contribution in [0.4, 0.5) is 0 Å². The minimum Gasteiger partial charge on any atom is -0.0616 e. The summed E-state index contributed by atoms with van der Waals surface area (Å²) in [5.74, 6) is 0. The molecule has 220 valence electrons. The molecule has 0 aliphatic carbocycles. The second-order valence-electron chi connectivity index (χ2n) is 11.0. The van der Waals surface area contributed by atoms with Crippen molar-refractivity contribution in [3.05, 3.63) is 169 Å². The topological polar surface area (TPSA) is 0 Å². The highest BCUT2D eigenvalue weighted by Crippen LogP contribution is 2.44. The maximum Gasteiger partial charge on any atom is 0.0636 e. The lowest BCUT2D eigenvalue weighted by atomic mass is 9.86. The zero-order chi connectivity index (χ0) is 55.7. The van der Waals surface area contributed by atoms with Gasteiger partial charge in [-0.15, -0.1) is 0 Å². The smallest absolute Gasteiger partial charge is 0.0616 e. The molecule has 11 aromatic carbocycles. The summed E-state index contributed by atoms with van der Waals surface area (Å²) in [6.45, 7) is 0. The molecule has 48 heavy (non-hydrogen) atoms. The maximum absolute atomic E-state index is 9.87. The summed E-state index contributed by atoms with van der Waals surface area (Å²) in [5, 5.41) is -6.41. The van der Waals surface area contributed by atoms with Crippen LogP contribution in [0.15, 0.2) is 169 Å². The van der Waals surface area contributed by atoms with Crippen LogP contribution in [0, 0.1) is 0 Å². The Kier molecular flexibility index (Phi) is 2.19. The number of benzene rings is 11. The Labute approximate surface area is 317 Å². The van der Waals surface area contributed by atoms with Crippen LogP contribution in [0.2, 0.25) is 0 Å². The maximum atomic E-state index is 9.87. The molecule has 0 bridgehead atoms. The summed E-state index contributed by atoms with van der Waals surface area (Å²) < 4.78 is 255. The van der Waals surface area contributed by atoms with Crippen molar-refractivity contribution in [3.63, 3.8) is 0 Å². The van der Waals surface area contributed by atoms with Crippen LogP contribution in [0.1, 0.15) is 38.4 Å². The first-order chi connectivity index (χ1) is 35.5. The molecule has 0 aromatic heterocycles. The van der Waals surface area contributed by atoms with Crippen molar-refractivity contribution in [1.82, 2.24) is 0 Å². The van der Waals surface area contributed by atoms with Gasteiger partial charge in [0.25, 0.3) is 0 Å². The number of hydrogen-bond acceptors (Lipinski definition) is 0. The predicted octanol–water partition coefficient (Wildman–Crippen LogP) is 13.6. The third-order valence-electron chi connectivity index (χ3n) is 8.50. The fourth-order valence-corrected chi connectivity index (χ4v) is 6.41. The molecule has 0 saturated carbocycles. The average molecular weight is 633 g/mol. The Balaban J connectivity index is 1.36. The van der Waals surface area contributed by atoms with Crippen molar-refractivity contribution >= 4 is 75.4 Å². The van der Waals surface area contributed by atoms with E-state index in [1.54, 1.807) is 0 Å². The van der Waals surface area contributed by atoms with Crippen LogP contribution in [0.25, 0.3) is 109 Å². The predicted molar refractivity (Wildman–Crippen MR) is 208 cm³/mol. The van der Waals surface area contributed by atoms with E-state index in [1.807, 2.05) is 0 Å². The largest absolute Gasteiger partial charge is 0.0636 e. The second-order valence-corrected chi connectivity index (χ2v) is 11.0. The third kappa shape index (κ3) is 3.55. The zero-order valence-electron chi connectivity index (χ0n) is 52.0. The molecule has 0 nitrogen and oxygen atoms in total. The van der Waals surface area contributed by atoms with Gasteiger partial charge in [0.05, 0.1) is 38.4 Å². The standard InChI is InChI=1S/C48H28/c1-2-13-40-39(12-1)37(26-27-41(40)42-23-19-34-17-15-30-7-4-9-32-21-25-44(42)48(34)46(30)32)35-10-5-11-36(28-35)38-22-18-33-16-14-29-6-3-8-31-20-24-43(38)47(33)45(29)31/h1-28H/i1D,2D,3D,4D,5D,6D,7D,8D,9D,10D,11D,12D,13D,14D,15D,16D,17D,18D,19D,20D,21D,22D,23D,24D,25D,26D,27D,28D. The molecule has 0 heteroatoms. The Bertz CT molecular complexity index is 4610. The molecule has 0 spiro atoms. The molecule has 0 aliphatic heterocycles. The Morgan fingerprint density at radius 1 is 0.250 bits per heavy atom. The van der Waals surface area contributed by atoms with Crippen LogP contribution in [-0.2, 0) is 0 Å². The quantitative estimate of drug-likeness (QED) is 0.170. The lowest BCUT2D eigenvalue weighted by Crippen LogP contribution is -1.90. The Morgan fingerprint density at radius 2 is 0.604 bits per heavy atom. The van der Waals surface area contributed by atoms with Gasteiger partial charge >= 0.3 is 0 Å². The highest BCUT2D eigenvalue weighted by Gasteiger charge is 2.17. The highest BCUT2D eigenvalue weighted by molar-refractivity contribution is 6.27. The van der Waals surface area contributed by atoms with Gasteiger partial charge in [-0.1, -0.05) is 163 Å². The van der Waals surface area contributed by atoms with Gasteiger partial charge in [-0.25, -0.2) is 0 Å². The van der Waals surface area contributed by atoms with Gasteiger partial charge < -0.3 is 0 Å². The first-order valence-corrected chi connectivity index (χ1v) is 14.5. The van der Waals surface area contributed by atoms with E-state index < -0.39 is 256 Å². The molecule has 11 rings (SSSR count). The summed E-state index contributed by atoms with van der Waals surface area (Å²) in [6, 6.07) is -24.3. The van der Waals surface area contributed by atoms with Crippen LogP contribution in [0.3, 0.4) is 0 Å². The van der Waals surface area contributed by atoms with Crippen molar-refractivity contribution in [1.29, 1.82) is 0 Å². The number of hydrogen-bond donors (Lipinski definition) is 0. The van der Waals surface area contributed by atoms with E-state index in [0.29, 0.717) is 0 Å². The van der Waals surface area contributed by atoms with Crippen LogP contribution >= 0.6 is 0 Å². The fraction of sp³-hybridized carbons (Fsp3) is 0. The minimum absolute atomic E-state index is 0.288. The van der Waals surface area contributed by atoms with Crippen molar-refractivity contribution in [2.75, 3.05) is 0 Å². The van der Waals surface area contributed by atoms with Gasteiger partial charge in [0.2, 0.25) is 0 Å². The van der Waals surface area contributed by atoms with E-state index in [4.69, 9.17) is 20.6 Å². The lowest BCUT2D eigenvalue weighted by molar-refractivity contribution is 1.62. The molecule has 0 saturated heterocycles. The van der Waals surface area contributed by atoms with Crippen molar-refractivity contribution in [2.24, 2.45) is 0 Å². The second kappa shape index (κ2) is 9.64. The summed E-state index contributed by atoms with van der Waals surface area (Å²) in [6.07, 6.45) is 0. The van der Waals surface area contributed by atoms with E-state index in [-0.39, 0.29) is 21.5 Å². The third-order valence-corrected chi connectivity index (χ3v) is 8.50. The van der Waals surface area contributed by atoms with Crippen LogP contribution < -0.4 is 0 Å². The molecule has 0 heterocycles. The number of rotatable bonds is 3.